The average molecular weight is 354 g/mol. The zero-order valence-electron chi connectivity index (χ0n) is 12.1. The van der Waals surface area contributed by atoms with Crippen LogP contribution in [-0.4, -0.2) is 6.54 Å². The molecule has 0 heterocycles. The predicted molar refractivity (Wildman–Crippen MR) is 85.4 cm³/mol. The zero-order valence-corrected chi connectivity index (χ0v) is 13.7. The normalized spacial score (nSPS) is 12.4. The molecule has 0 radical (unpaired) electrons. The van der Waals surface area contributed by atoms with Crippen molar-refractivity contribution in [3.63, 3.8) is 0 Å². The molecule has 0 aromatic heterocycles. The first-order valence-electron chi connectivity index (χ1n) is 6.96. The number of halogens is 3. The van der Waals surface area contributed by atoms with Crippen LogP contribution < -0.4 is 5.32 Å². The van der Waals surface area contributed by atoms with Gasteiger partial charge < -0.3 is 5.32 Å². The van der Waals surface area contributed by atoms with E-state index < -0.39 is 0 Å². The Morgan fingerprint density at radius 2 is 1.86 bits per heavy atom. The molecule has 4 heteroatoms. The molecule has 0 saturated heterocycles. The maximum absolute atomic E-state index is 13.7. The van der Waals surface area contributed by atoms with Crippen molar-refractivity contribution in [3.8, 4) is 0 Å². The Labute approximate surface area is 132 Å². The summed E-state index contributed by atoms with van der Waals surface area (Å²) in [5.74, 6) is -0.548. The fourth-order valence-electron chi connectivity index (χ4n) is 2.40. The largest absolute Gasteiger partial charge is 0.306 e. The summed E-state index contributed by atoms with van der Waals surface area (Å²) in [4.78, 5) is 0. The molecule has 0 aliphatic carbocycles. The molecule has 0 fully saturated rings. The van der Waals surface area contributed by atoms with E-state index in [1.165, 1.54) is 24.3 Å². The highest BCUT2D eigenvalue weighted by Gasteiger charge is 2.17. The van der Waals surface area contributed by atoms with Crippen LogP contribution in [0.2, 0.25) is 0 Å². The molecule has 112 valence electrons. The highest BCUT2D eigenvalue weighted by molar-refractivity contribution is 9.10. The smallest absolute Gasteiger partial charge is 0.124 e. The van der Waals surface area contributed by atoms with Crippen LogP contribution in [0.15, 0.2) is 40.9 Å². The van der Waals surface area contributed by atoms with Crippen LogP contribution in [0.4, 0.5) is 8.78 Å². The third-order valence-electron chi connectivity index (χ3n) is 3.36. The highest BCUT2D eigenvalue weighted by Crippen LogP contribution is 2.28. The number of nitrogens with one attached hydrogen (secondary N) is 1. The summed E-state index contributed by atoms with van der Waals surface area (Å²) in [7, 11) is 0. The monoisotopic (exact) mass is 353 g/mol. The third-order valence-corrected chi connectivity index (χ3v) is 3.82. The molecular formula is C17H18BrF2N. The molecule has 1 atom stereocenters. The van der Waals surface area contributed by atoms with Crippen LogP contribution >= 0.6 is 15.9 Å². The molecule has 1 unspecified atom stereocenters. The van der Waals surface area contributed by atoms with Crippen LogP contribution in [0.25, 0.3) is 0 Å². The average Bonchev–Trinajstić information content (AvgIpc) is 2.40. The van der Waals surface area contributed by atoms with E-state index in [1.807, 2.05) is 13.0 Å². The van der Waals surface area contributed by atoms with Gasteiger partial charge >= 0.3 is 0 Å². The van der Waals surface area contributed by atoms with Crippen molar-refractivity contribution < 1.29 is 8.78 Å². The van der Waals surface area contributed by atoms with Crippen molar-refractivity contribution in [2.45, 2.75) is 26.3 Å². The molecule has 0 saturated carbocycles. The molecule has 1 nitrogen and oxygen atoms in total. The first-order chi connectivity index (χ1) is 10.0. The van der Waals surface area contributed by atoms with Crippen molar-refractivity contribution in [2.75, 3.05) is 6.54 Å². The fraction of sp³-hybridized carbons (Fsp3) is 0.294. The van der Waals surface area contributed by atoms with Gasteiger partial charge in [0.15, 0.2) is 0 Å². The van der Waals surface area contributed by atoms with E-state index in [0.29, 0.717) is 4.47 Å². The molecule has 2 rings (SSSR count). The van der Waals surface area contributed by atoms with Gasteiger partial charge in [-0.25, -0.2) is 8.78 Å². The Hall–Kier alpha value is -1.26. The summed E-state index contributed by atoms with van der Waals surface area (Å²) in [6, 6.07) is 9.38. The number of rotatable bonds is 5. The number of hydrogen-bond acceptors (Lipinski definition) is 1. The van der Waals surface area contributed by atoms with E-state index in [2.05, 4.69) is 28.2 Å². The summed E-state index contributed by atoms with van der Waals surface area (Å²) in [5.41, 5.74) is 2.64. The first kappa shape index (κ1) is 16.1. The van der Waals surface area contributed by atoms with Crippen molar-refractivity contribution in [1.29, 1.82) is 0 Å². The van der Waals surface area contributed by atoms with Gasteiger partial charge in [-0.2, -0.15) is 0 Å². The summed E-state index contributed by atoms with van der Waals surface area (Å²) >= 11 is 3.32. The minimum atomic E-state index is -0.289. The predicted octanol–water partition coefficient (Wildman–Crippen LogP) is 5.12. The SMILES string of the molecule is CCCNC(c1cc(F)cc(Br)c1)c1ccc(F)cc1C. The van der Waals surface area contributed by atoms with E-state index in [0.717, 1.165) is 29.7 Å². The lowest BCUT2D eigenvalue weighted by Crippen LogP contribution is -2.24. The number of hydrogen-bond donors (Lipinski definition) is 1. The Morgan fingerprint density at radius 1 is 1.10 bits per heavy atom. The summed E-state index contributed by atoms with van der Waals surface area (Å²) in [6.07, 6.45) is 0.966. The minimum absolute atomic E-state index is 0.155. The molecule has 0 aliphatic rings. The Bertz CT molecular complexity index is 608. The van der Waals surface area contributed by atoms with Crippen LogP contribution in [0.3, 0.4) is 0 Å². The Kier molecular flexibility index (Phi) is 5.48. The highest BCUT2D eigenvalue weighted by atomic mass is 79.9. The van der Waals surface area contributed by atoms with Crippen LogP contribution in [0.5, 0.6) is 0 Å². The van der Waals surface area contributed by atoms with Crippen molar-refractivity contribution in [3.05, 3.63) is 69.2 Å². The van der Waals surface area contributed by atoms with Gasteiger partial charge in [0.25, 0.3) is 0 Å². The molecule has 0 bridgehead atoms. The summed E-state index contributed by atoms with van der Waals surface area (Å²) in [5, 5.41) is 3.41. The fourth-order valence-corrected chi connectivity index (χ4v) is 2.88. The minimum Gasteiger partial charge on any atom is -0.306 e. The van der Waals surface area contributed by atoms with E-state index >= 15 is 0 Å². The Morgan fingerprint density at radius 3 is 2.48 bits per heavy atom. The molecule has 2 aromatic carbocycles. The van der Waals surface area contributed by atoms with Gasteiger partial charge in [0.1, 0.15) is 11.6 Å². The maximum atomic E-state index is 13.7. The second kappa shape index (κ2) is 7.14. The van der Waals surface area contributed by atoms with E-state index in [-0.39, 0.29) is 17.7 Å². The van der Waals surface area contributed by atoms with Gasteiger partial charge in [0.2, 0.25) is 0 Å². The van der Waals surface area contributed by atoms with E-state index in [4.69, 9.17) is 0 Å². The number of aryl methyl sites for hydroxylation is 1. The van der Waals surface area contributed by atoms with Crippen LogP contribution in [0.1, 0.15) is 36.1 Å². The second-order valence-electron chi connectivity index (χ2n) is 5.09. The van der Waals surface area contributed by atoms with Crippen molar-refractivity contribution >= 4 is 15.9 Å². The van der Waals surface area contributed by atoms with Crippen LogP contribution in [0, 0.1) is 18.6 Å². The summed E-state index contributed by atoms with van der Waals surface area (Å²) < 4.78 is 27.7. The van der Waals surface area contributed by atoms with E-state index in [1.54, 1.807) is 6.07 Å². The molecule has 21 heavy (non-hydrogen) atoms. The molecule has 1 N–H and O–H groups in total. The quantitative estimate of drug-likeness (QED) is 0.785. The van der Waals surface area contributed by atoms with Crippen molar-refractivity contribution in [1.82, 2.24) is 5.32 Å². The van der Waals surface area contributed by atoms with E-state index in [9.17, 15) is 8.78 Å². The van der Waals surface area contributed by atoms with Gasteiger partial charge in [-0.3, -0.25) is 0 Å². The lowest BCUT2D eigenvalue weighted by molar-refractivity contribution is 0.579. The lowest BCUT2D eigenvalue weighted by Gasteiger charge is -2.22. The maximum Gasteiger partial charge on any atom is 0.124 e. The molecule has 0 spiro atoms. The van der Waals surface area contributed by atoms with Gasteiger partial charge in [-0.15, -0.1) is 0 Å². The second-order valence-corrected chi connectivity index (χ2v) is 6.01. The van der Waals surface area contributed by atoms with Crippen LogP contribution in [-0.2, 0) is 0 Å². The topological polar surface area (TPSA) is 12.0 Å². The first-order valence-corrected chi connectivity index (χ1v) is 7.76. The zero-order chi connectivity index (χ0) is 15.4. The Balaban J connectivity index is 2.46. The third kappa shape index (κ3) is 4.11. The summed E-state index contributed by atoms with van der Waals surface area (Å²) in [6.45, 7) is 4.74. The molecule has 0 amide bonds. The van der Waals surface area contributed by atoms with Gasteiger partial charge in [0, 0.05) is 4.47 Å². The lowest BCUT2D eigenvalue weighted by atomic mass is 9.94. The molecular weight excluding hydrogens is 336 g/mol. The van der Waals surface area contributed by atoms with Gasteiger partial charge in [0.05, 0.1) is 6.04 Å². The molecule has 2 aromatic rings. The number of benzene rings is 2. The standard InChI is InChI=1S/C17H18BrF2N/c1-3-6-21-17(12-8-13(18)10-15(20)9-12)16-5-4-14(19)7-11(16)2/h4-5,7-10,17,21H,3,6H2,1-2H3. The van der Waals surface area contributed by atoms with Gasteiger partial charge in [-0.05, 0) is 66.9 Å². The van der Waals surface area contributed by atoms with Crippen molar-refractivity contribution in [2.24, 2.45) is 0 Å². The molecule has 0 aliphatic heterocycles. The van der Waals surface area contributed by atoms with Gasteiger partial charge in [-0.1, -0.05) is 28.9 Å².